The lowest BCUT2D eigenvalue weighted by Crippen LogP contribution is -2.36. The number of amides is 1. The van der Waals surface area contributed by atoms with Crippen LogP contribution >= 0.6 is 22.9 Å². The van der Waals surface area contributed by atoms with E-state index in [2.05, 4.69) is 20.4 Å². The van der Waals surface area contributed by atoms with E-state index in [9.17, 15) is 27.6 Å². The van der Waals surface area contributed by atoms with Gasteiger partial charge in [-0.1, -0.05) is 22.9 Å². The van der Waals surface area contributed by atoms with Crippen LogP contribution < -0.4 is 10.5 Å². The van der Waals surface area contributed by atoms with Crippen LogP contribution in [-0.2, 0) is 12.6 Å². The highest BCUT2D eigenvalue weighted by Crippen LogP contribution is 2.35. The topological polar surface area (TPSA) is 131 Å². The largest absolute Gasteiger partial charge is 0.618 e. The molecule has 0 aliphatic carbocycles. The monoisotopic (exact) mass is 672 g/mol. The Morgan fingerprint density at radius 2 is 1.87 bits per heavy atom. The van der Waals surface area contributed by atoms with E-state index in [0.29, 0.717) is 27.1 Å². The van der Waals surface area contributed by atoms with Gasteiger partial charge in [0.2, 0.25) is 5.69 Å². The smallest absolute Gasteiger partial charge is 0.436 e. The number of pyridine rings is 1. The Balaban J connectivity index is 1.41. The highest BCUT2D eigenvalue weighted by atomic mass is 35.5. The number of nitrogens with zero attached hydrogens (tertiary/aromatic N) is 7. The van der Waals surface area contributed by atoms with Gasteiger partial charge in [-0.3, -0.25) is 9.48 Å². The molecule has 4 heterocycles. The van der Waals surface area contributed by atoms with E-state index in [0.717, 1.165) is 23.0 Å². The van der Waals surface area contributed by atoms with Gasteiger partial charge in [0.1, 0.15) is 11.9 Å². The average molecular weight is 673 g/mol. The quantitative estimate of drug-likeness (QED) is 0.124. The van der Waals surface area contributed by atoms with Crippen LogP contribution in [0, 0.1) is 16.8 Å². The molecule has 6 aromatic rings. The number of primary amides is 1. The minimum absolute atomic E-state index is 0.00280. The molecule has 0 bridgehead atoms. The van der Waals surface area contributed by atoms with Crippen molar-refractivity contribution >= 4 is 28.8 Å². The van der Waals surface area contributed by atoms with Crippen LogP contribution in [0.5, 0.6) is 0 Å². The average Bonchev–Trinajstić information content (AvgIpc) is 3.79. The maximum atomic E-state index is 15.4. The zero-order valence-electron chi connectivity index (χ0n) is 23.0. The summed E-state index contributed by atoms with van der Waals surface area (Å²) in [5, 5.41) is 26.7. The third-order valence-electron chi connectivity index (χ3n) is 7.02. The fraction of sp³-hybridized carbons (Fsp3) is 0.103. The maximum Gasteiger partial charge on any atom is 0.436 e. The number of halogens is 6. The van der Waals surface area contributed by atoms with Crippen molar-refractivity contribution in [2.75, 3.05) is 0 Å². The lowest BCUT2D eigenvalue weighted by atomic mass is 10.0. The van der Waals surface area contributed by atoms with E-state index in [4.69, 9.17) is 17.3 Å². The second-order valence-electron chi connectivity index (χ2n) is 9.88. The molecule has 1 amide bonds. The van der Waals surface area contributed by atoms with Gasteiger partial charge in [0.05, 0.1) is 44.8 Å². The number of benzene rings is 2. The summed E-state index contributed by atoms with van der Waals surface area (Å²) in [5.74, 6) is -2.70. The fourth-order valence-corrected chi connectivity index (χ4v) is 5.63. The fourth-order valence-electron chi connectivity index (χ4n) is 4.82. The number of aromatic nitrogens is 7. The minimum Gasteiger partial charge on any atom is -0.618 e. The van der Waals surface area contributed by atoms with Gasteiger partial charge in [-0.25, -0.2) is 18.4 Å². The van der Waals surface area contributed by atoms with Crippen LogP contribution in [0.3, 0.4) is 0 Å². The van der Waals surface area contributed by atoms with Crippen molar-refractivity contribution in [1.82, 2.24) is 29.8 Å². The van der Waals surface area contributed by atoms with Crippen molar-refractivity contribution in [1.29, 1.82) is 0 Å². The van der Waals surface area contributed by atoms with Crippen molar-refractivity contribution < 1.29 is 31.5 Å². The molecule has 0 aliphatic heterocycles. The highest BCUT2D eigenvalue weighted by Gasteiger charge is 2.35. The summed E-state index contributed by atoms with van der Waals surface area (Å²) in [4.78, 5) is 15.7. The summed E-state index contributed by atoms with van der Waals surface area (Å²) in [6.07, 6.45) is 1.72. The van der Waals surface area contributed by atoms with Crippen LogP contribution in [0.2, 0.25) is 5.02 Å². The predicted molar refractivity (Wildman–Crippen MR) is 156 cm³/mol. The molecule has 1 atom stereocenters. The lowest BCUT2D eigenvalue weighted by Gasteiger charge is -2.18. The number of carbonyl (C=O) groups is 1. The zero-order chi connectivity index (χ0) is 32.7. The molecule has 2 aromatic carbocycles. The van der Waals surface area contributed by atoms with Gasteiger partial charge in [-0.05, 0) is 35.9 Å². The Bertz CT molecular complexity index is 2080. The Morgan fingerprint density at radius 3 is 2.52 bits per heavy atom. The molecule has 10 nitrogen and oxygen atoms in total. The number of rotatable bonds is 8. The van der Waals surface area contributed by atoms with Gasteiger partial charge in [-0.15, -0.1) is 16.4 Å². The van der Waals surface area contributed by atoms with Crippen LogP contribution in [0.25, 0.3) is 27.9 Å². The first-order valence-corrected chi connectivity index (χ1v) is 14.4. The van der Waals surface area contributed by atoms with Crippen molar-refractivity contribution in [2.45, 2.75) is 18.6 Å². The van der Waals surface area contributed by atoms with E-state index in [-0.39, 0.29) is 39.5 Å². The van der Waals surface area contributed by atoms with Gasteiger partial charge >= 0.3 is 6.18 Å². The number of hydrogen-bond acceptors (Lipinski definition) is 7. The summed E-state index contributed by atoms with van der Waals surface area (Å²) in [6, 6.07) is 8.40. The van der Waals surface area contributed by atoms with E-state index in [1.54, 1.807) is 17.8 Å². The standard InChI is InChI=1S/C29H18ClF5N8O2S/c30-19-4-6-22(42-14-24(39-40-42)29(33,34)35)26(27(19)32)16-2-5-21(43(45)13-16)23(10-25-37-7-8-46-25)41-12-17(11-38-41)15-1-3-18(28(36)44)20(31)9-15/h1-9,11-14,23H,10H2,(H2,36,44)/t23-/m1/s1. The number of carbonyl (C=O) groups excluding carboxylic acids is 1. The number of nitrogens with two attached hydrogens (primary N) is 1. The van der Waals surface area contributed by atoms with E-state index in [1.807, 2.05) is 0 Å². The van der Waals surface area contributed by atoms with E-state index < -0.39 is 35.5 Å². The van der Waals surface area contributed by atoms with Crippen LogP contribution in [0.1, 0.15) is 32.8 Å². The molecular formula is C29H18ClF5N8O2S. The summed E-state index contributed by atoms with van der Waals surface area (Å²) < 4.78 is 72.2. The molecule has 0 radical (unpaired) electrons. The Labute approximate surface area is 264 Å². The zero-order valence-corrected chi connectivity index (χ0v) is 24.6. The third kappa shape index (κ3) is 5.91. The maximum absolute atomic E-state index is 15.4. The van der Waals surface area contributed by atoms with Crippen molar-refractivity contribution in [2.24, 2.45) is 5.73 Å². The molecule has 234 valence electrons. The molecule has 6 rings (SSSR count). The summed E-state index contributed by atoms with van der Waals surface area (Å²) >= 11 is 7.37. The molecule has 0 unspecified atom stereocenters. The Hall–Kier alpha value is -5.22. The molecule has 4 aromatic heterocycles. The third-order valence-corrected chi connectivity index (χ3v) is 8.11. The van der Waals surface area contributed by atoms with Crippen LogP contribution in [0.4, 0.5) is 22.0 Å². The summed E-state index contributed by atoms with van der Waals surface area (Å²) in [7, 11) is 0. The highest BCUT2D eigenvalue weighted by molar-refractivity contribution is 7.09. The molecule has 0 saturated carbocycles. The number of thiazole rings is 1. The normalized spacial score (nSPS) is 12.4. The van der Waals surface area contributed by atoms with Crippen molar-refractivity contribution in [3.63, 3.8) is 0 Å². The van der Waals surface area contributed by atoms with Crippen LogP contribution in [-0.4, -0.2) is 35.7 Å². The molecule has 0 aliphatic rings. The second-order valence-corrected chi connectivity index (χ2v) is 11.3. The van der Waals surface area contributed by atoms with Gasteiger partial charge < -0.3 is 10.9 Å². The second kappa shape index (κ2) is 11.9. The summed E-state index contributed by atoms with van der Waals surface area (Å²) in [6.45, 7) is 0. The first kappa shape index (κ1) is 30.8. The SMILES string of the molecule is NC(=O)c1ccc(-c2cnn([C@H](Cc3nccs3)c3ccc(-c4c(-n5cc(C(F)(F)F)nn5)ccc(Cl)c4F)c[n+]3[O-])c2)cc1F. The van der Waals surface area contributed by atoms with Gasteiger partial charge in [0, 0.05) is 35.8 Å². The molecular weight excluding hydrogens is 655 g/mol. The minimum atomic E-state index is -4.79. The lowest BCUT2D eigenvalue weighted by molar-refractivity contribution is -0.615. The first-order valence-electron chi connectivity index (χ1n) is 13.1. The van der Waals surface area contributed by atoms with Gasteiger partial charge in [-0.2, -0.15) is 23.0 Å². The molecule has 46 heavy (non-hydrogen) atoms. The van der Waals surface area contributed by atoms with E-state index in [1.165, 1.54) is 52.5 Å². The van der Waals surface area contributed by atoms with Crippen LogP contribution in [0.15, 0.2) is 78.8 Å². The Morgan fingerprint density at radius 1 is 1.09 bits per heavy atom. The molecule has 0 fully saturated rings. The molecule has 0 saturated heterocycles. The Kier molecular flexibility index (Phi) is 7.99. The van der Waals surface area contributed by atoms with Gasteiger partial charge in [0.25, 0.3) is 5.91 Å². The molecule has 0 spiro atoms. The summed E-state index contributed by atoms with van der Waals surface area (Å²) in [5.41, 5.74) is 4.26. The van der Waals surface area contributed by atoms with Crippen molar-refractivity contribution in [3.8, 4) is 27.9 Å². The van der Waals surface area contributed by atoms with Crippen molar-refractivity contribution in [3.05, 3.63) is 123 Å². The predicted octanol–water partition coefficient (Wildman–Crippen LogP) is 5.77. The first-order chi connectivity index (χ1) is 21.9. The number of hydrogen-bond donors (Lipinski definition) is 1. The van der Waals surface area contributed by atoms with Gasteiger partial charge in [0.15, 0.2) is 17.7 Å². The van der Waals surface area contributed by atoms with E-state index >= 15 is 4.39 Å². The number of alkyl halides is 3. The molecule has 17 heteroatoms. The molecule has 2 N–H and O–H groups in total.